The molecule has 0 bridgehead atoms. The first-order chi connectivity index (χ1) is 7.86. The summed E-state index contributed by atoms with van der Waals surface area (Å²) in [4.78, 5) is 0. The van der Waals surface area contributed by atoms with E-state index in [1.165, 1.54) is 5.56 Å². The average molecular weight is 217 g/mol. The minimum Gasteiger partial charge on any atom is -0.381 e. The standard InChI is InChI=1S/C14H19NO/c1-12(13-5-3-2-4-6-13)11-15-14-7-9-16-10-8-14/h2-6,14-15H,1,7-11H2. The Balaban J connectivity index is 1.79. The molecule has 0 atom stereocenters. The predicted octanol–water partition coefficient (Wildman–Crippen LogP) is 2.47. The monoisotopic (exact) mass is 217 g/mol. The normalized spacial score (nSPS) is 17.2. The molecule has 0 saturated carbocycles. The van der Waals surface area contributed by atoms with Gasteiger partial charge in [-0.15, -0.1) is 0 Å². The van der Waals surface area contributed by atoms with Gasteiger partial charge >= 0.3 is 0 Å². The zero-order valence-electron chi connectivity index (χ0n) is 9.61. The van der Waals surface area contributed by atoms with Crippen LogP contribution in [0.3, 0.4) is 0 Å². The number of nitrogens with one attached hydrogen (secondary N) is 1. The van der Waals surface area contributed by atoms with Gasteiger partial charge in [0.1, 0.15) is 0 Å². The maximum atomic E-state index is 5.33. The summed E-state index contributed by atoms with van der Waals surface area (Å²) in [5.41, 5.74) is 2.38. The summed E-state index contributed by atoms with van der Waals surface area (Å²) >= 11 is 0. The van der Waals surface area contributed by atoms with Crippen molar-refractivity contribution in [2.45, 2.75) is 18.9 Å². The molecule has 0 radical (unpaired) electrons. The summed E-state index contributed by atoms with van der Waals surface area (Å²) in [6.45, 7) is 6.75. The van der Waals surface area contributed by atoms with E-state index >= 15 is 0 Å². The van der Waals surface area contributed by atoms with Crippen LogP contribution in [0.2, 0.25) is 0 Å². The van der Waals surface area contributed by atoms with Crippen molar-refractivity contribution in [2.24, 2.45) is 0 Å². The molecule has 0 unspecified atom stereocenters. The molecule has 1 saturated heterocycles. The Morgan fingerprint density at radius 3 is 2.62 bits per heavy atom. The minimum atomic E-state index is 0.592. The Bertz CT molecular complexity index is 328. The summed E-state index contributed by atoms with van der Waals surface area (Å²) in [5, 5.41) is 3.54. The van der Waals surface area contributed by atoms with Crippen LogP contribution in [0, 0.1) is 0 Å². The zero-order valence-corrected chi connectivity index (χ0v) is 9.61. The fourth-order valence-electron chi connectivity index (χ4n) is 1.95. The van der Waals surface area contributed by atoms with Gasteiger partial charge in [0, 0.05) is 25.8 Å². The van der Waals surface area contributed by atoms with E-state index < -0.39 is 0 Å². The van der Waals surface area contributed by atoms with Crippen molar-refractivity contribution in [2.75, 3.05) is 19.8 Å². The highest BCUT2D eigenvalue weighted by Crippen LogP contribution is 2.12. The second kappa shape index (κ2) is 5.83. The number of benzene rings is 1. The SMILES string of the molecule is C=C(CNC1CCOCC1)c1ccccc1. The first kappa shape index (κ1) is 11.4. The van der Waals surface area contributed by atoms with Crippen LogP contribution in [-0.4, -0.2) is 25.8 Å². The van der Waals surface area contributed by atoms with Crippen LogP contribution in [0.1, 0.15) is 18.4 Å². The summed E-state index contributed by atoms with van der Waals surface area (Å²) in [5.74, 6) is 0. The molecule has 2 heteroatoms. The van der Waals surface area contributed by atoms with Gasteiger partial charge in [-0.1, -0.05) is 36.9 Å². The van der Waals surface area contributed by atoms with Crippen LogP contribution >= 0.6 is 0 Å². The van der Waals surface area contributed by atoms with Gasteiger partial charge < -0.3 is 10.1 Å². The molecule has 86 valence electrons. The third kappa shape index (κ3) is 3.19. The van der Waals surface area contributed by atoms with Crippen molar-refractivity contribution >= 4 is 5.57 Å². The molecule has 1 heterocycles. The topological polar surface area (TPSA) is 21.3 Å². The Labute approximate surface area is 97.3 Å². The largest absolute Gasteiger partial charge is 0.381 e. The molecule has 1 aliphatic heterocycles. The maximum Gasteiger partial charge on any atom is 0.0480 e. The quantitative estimate of drug-likeness (QED) is 0.836. The van der Waals surface area contributed by atoms with E-state index in [0.717, 1.165) is 38.2 Å². The van der Waals surface area contributed by atoms with Crippen molar-refractivity contribution < 1.29 is 4.74 Å². The lowest BCUT2D eigenvalue weighted by molar-refractivity contribution is 0.0791. The van der Waals surface area contributed by atoms with Gasteiger partial charge in [-0.3, -0.25) is 0 Å². The molecule has 1 aliphatic rings. The van der Waals surface area contributed by atoms with E-state index in [9.17, 15) is 0 Å². The molecule has 0 spiro atoms. The molecule has 0 aliphatic carbocycles. The van der Waals surface area contributed by atoms with Crippen LogP contribution in [0.5, 0.6) is 0 Å². The third-order valence-corrected chi connectivity index (χ3v) is 3.01. The van der Waals surface area contributed by atoms with Gasteiger partial charge in [0.2, 0.25) is 0 Å². The van der Waals surface area contributed by atoms with Gasteiger partial charge in [-0.05, 0) is 24.0 Å². The van der Waals surface area contributed by atoms with Crippen LogP contribution in [0.4, 0.5) is 0 Å². The molecule has 1 aromatic carbocycles. The van der Waals surface area contributed by atoms with Crippen LogP contribution < -0.4 is 5.32 Å². The lowest BCUT2D eigenvalue weighted by atomic mass is 10.1. The predicted molar refractivity (Wildman–Crippen MR) is 67.3 cm³/mol. The molecule has 2 nitrogen and oxygen atoms in total. The lowest BCUT2D eigenvalue weighted by Crippen LogP contribution is -2.35. The number of hydrogen-bond donors (Lipinski definition) is 1. The van der Waals surface area contributed by atoms with E-state index in [1.807, 2.05) is 6.07 Å². The fraction of sp³-hybridized carbons (Fsp3) is 0.429. The van der Waals surface area contributed by atoms with Crippen molar-refractivity contribution in [3.05, 3.63) is 42.5 Å². The van der Waals surface area contributed by atoms with Gasteiger partial charge in [0.25, 0.3) is 0 Å². The number of ether oxygens (including phenoxy) is 1. The molecular formula is C14H19NO. The Hall–Kier alpha value is -1.12. The van der Waals surface area contributed by atoms with Gasteiger partial charge in [0.15, 0.2) is 0 Å². The Kier molecular flexibility index (Phi) is 4.14. The summed E-state index contributed by atoms with van der Waals surface area (Å²) < 4.78 is 5.33. The highest BCUT2D eigenvalue weighted by atomic mass is 16.5. The van der Waals surface area contributed by atoms with E-state index in [0.29, 0.717) is 6.04 Å². The zero-order chi connectivity index (χ0) is 11.2. The van der Waals surface area contributed by atoms with E-state index in [4.69, 9.17) is 4.74 Å². The number of rotatable bonds is 4. The molecule has 0 amide bonds. The average Bonchev–Trinajstić information content (AvgIpc) is 2.38. The van der Waals surface area contributed by atoms with Gasteiger partial charge in [-0.2, -0.15) is 0 Å². The van der Waals surface area contributed by atoms with Gasteiger partial charge in [-0.25, -0.2) is 0 Å². The fourth-order valence-corrected chi connectivity index (χ4v) is 1.95. The molecule has 1 N–H and O–H groups in total. The molecule has 16 heavy (non-hydrogen) atoms. The minimum absolute atomic E-state index is 0.592. The van der Waals surface area contributed by atoms with Crippen LogP contribution in [0.25, 0.3) is 5.57 Å². The summed E-state index contributed by atoms with van der Waals surface area (Å²) in [7, 11) is 0. The van der Waals surface area contributed by atoms with Crippen molar-refractivity contribution in [1.29, 1.82) is 0 Å². The van der Waals surface area contributed by atoms with E-state index in [1.54, 1.807) is 0 Å². The molecule has 1 fully saturated rings. The number of hydrogen-bond acceptors (Lipinski definition) is 2. The molecule has 2 rings (SSSR count). The van der Waals surface area contributed by atoms with Crippen molar-refractivity contribution in [3.63, 3.8) is 0 Å². The first-order valence-corrected chi connectivity index (χ1v) is 5.90. The summed E-state index contributed by atoms with van der Waals surface area (Å²) in [6, 6.07) is 10.9. The smallest absolute Gasteiger partial charge is 0.0480 e. The van der Waals surface area contributed by atoms with Crippen LogP contribution in [-0.2, 0) is 4.74 Å². The maximum absolute atomic E-state index is 5.33. The van der Waals surface area contributed by atoms with Crippen LogP contribution in [0.15, 0.2) is 36.9 Å². The first-order valence-electron chi connectivity index (χ1n) is 5.90. The van der Waals surface area contributed by atoms with E-state index in [-0.39, 0.29) is 0 Å². The highest BCUT2D eigenvalue weighted by molar-refractivity contribution is 5.64. The van der Waals surface area contributed by atoms with Crippen molar-refractivity contribution in [3.8, 4) is 0 Å². The second-order valence-corrected chi connectivity index (χ2v) is 4.24. The van der Waals surface area contributed by atoms with Gasteiger partial charge in [0.05, 0.1) is 0 Å². The van der Waals surface area contributed by atoms with Crippen molar-refractivity contribution in [1.82, 2.24) is 5.32 Å². The summed E-state index contributed by atoms with van der Waals surface area (Å²) in [6.07, 6.45) is 2.23. The lowest BCUT2D eigenvalue weighted by Gasteiger charge is -2.23. The second-order valence-electron chi connectivity index (χ2n) is 4.24. The third-order valence-electron chi connectivity index (χ3n) is 3.01. The molecular weight excluding hydrogens is 198 g/mol. The molecule has 1 aromatic rings. The Morgan fingerprint density at radius 2 is 1.94 bits per heavy atom. The van der Waals surface area contributed by atoms with E-state index in [2.05, 4.69) is 36.2 Å². The molecule has 0 aromatic heterocycles. The Morgan fingerprint density at radius 1 is 1.25 bits per heavy atom. The highest BCUT2D eigenvalue weighted by Gasteiger charge is 2.12.